The number of hydrogen-bond acceptors (Lipinski definition) is 3. The zero-order valence-corrected chi connectivity index (χ0v) is 15.7. The van der Waals surface area contributed by atoms with Crippen LogP contribution in [0.4, 0.5) is 11.4 Å². The zero-order valence-electron chi connectivity index (χ0n) is 15.7. The van der Waals surface area contributed by atoms with Gasteiger partial charge in [-0.25, -0.2) is 0 Å². The molecule has 0 heterocycles. The molecule has 27 heavy (non-hydrogen) atoms. The molecule has 0 unspecified atom stereocenters. The van der Waals surface area contributed by atoms with Gasteiger partial charge in [0.15, 0.2) is 0 Å². The van der Waals surface area contributed by atoms with Gasteiger partial charge in [-0.3, -0.25) is 4.79 Å². The van der Waals surface area contributed by atoms with Gasteiger partial charge in [-0.15, -0.1) is 0 Å². The average Bonchev–Trinajstić information content (AvgIpc) is 2.69. The Balaban J connectivity index is 1.86. The smallest absolute Gasteiger partial charge is 0.255 e. The van der Waals surface area contributed by atoms with Crippen LogP contribution in [-0.4, -0.2) is 20.0 Å². The molecule has 0 aliphatic rings. The van der Waals surface area contributed by atoms with Crippen molar-refractivity contribution < 1.29 is 4.79 Å². The van der Waals surface area contributed by atoms with E-state index in [9.17, 15) is 4.79 Å². The molecule has 0 aliphatic carbocycles. The Kier molecular flexibility index (Phi) is 5.23. The van der Waals surface area contributed by atoms with Crippen LogP contribution in [0.1, 0.15) is 21.5 Å². The maximum atomic E-state index is 12.6. The van der Waals surface area contributed by atoms with E-state index in [1.54, 1.807) is 18.2 Å². The summed E-state index contributed by atoms with van der Waals surface area (Å²) >= 11 is 0. The molecule has 3 rings (SSSR count). The quantitative estimate of drug-likeness (QED) is 0.728. The lowest BCUT2D eigenvalue weighted by Gasteiger charge is -2.14. The van der Waals surface area contributed by atoms with Gasteiger partial charge in [0.1, 0.15) is 0 Å². The maximum Gasteiger partial charge on any atom is 0.255 e. The van der Waals surface area contributed by atoms with Gasteiger partial charge in [-0.2, -0.15) is 5.26 Å². The van der Waals surface area contributed by atoms with E-state index >= 15 is 0 Å². The first-order valence-electron chi connectivity index (χ1n) is 8.68. The first-order valence-corrected chi connectivity index (χ1v) is 8.68. The summed E-state index contributed by atoms with van der Waals surface area (Å²) in [5.41, 5.74) is 6.09. The van der Waals surface area contributed by atoms with Gasteiger partial charge >= 0.3 is 0 Å². The second kappa shape index (κ2) is 7.76. The van der Waals surface area contributed by atoms with Gasteiger partial charge < -0.3 is 10.2 Å². The maximum absolute atomic E-state index is 12.6. The molecule has 0 spiro atoms. The van der Waals surface area contributed by atoms with Crippen molar-refractivity contribution in [2.45, 2.75) is 6.92 Å². The number of nitrogens with zero attached hydrogens (tertiary/aromatic N) is 2. The normalized spacial score (nSPS) is 10.1. The second-order valence-corrected chi connectivity index (χ2v) is 6.62. The molecular weight excluding hydrogens is 334 g/mol. The van der Waals surface area contributed by atoms with E-state index in [2.05, 4.69) is 11.4 Å². The van der Waals surface area contributed by atoms with Crippen molar-refractivity contribution in [2.24, 2.45) is 0 Å². The van der Waals surface area contributed by atoms with E-state index in [0.29, 0.717) is 11.1 Å². The molecule has 1 N–H and O–H groups in total. The van der Waals surface area contributed by atoms with E-state index in [4.69, 9.17) is 5.26 Å². The van der Waals surface area contributed by atoms with Crippen molar-refractivity contribution in [2.75, 3.05) is 24.3 Å². The lowest BCUT2D eigenvalue weighted by Crippen LogP contribution is -2.14. The Morgan fingerprint density at radius 3 is 2.41 bits per heavy atom. The van der Waals surface area contributed by atoms with Gasteiger partial charge in [-0.1, -0.05) is 24.3 Å². The van der Waals surface area contributed by atoms with Gasteiger partial charge in [0.05, 0.1) is 11.6 Å². The fraction of sp³-hybridized carbons (Fsp3) is 0.130. The Morgan fingerprint density at radius 1 is 1.00 bits per heavy atom. The van der Waals surface area contributed by atoms with Crippen molar-refractivity contribution >= 4 is 17.3 Å². The summed E-state index contributed by atoms with van der Waals surface area (Å²) in [6, 6.07) is 22.9. The van der Waals surface area contributed by atoms with Crippen LogP contribution in [0.2, 0.25) is 0 Å². The Labute approximate surface area is 159 Å². The predicted octanol–water partition coefficient (Wildman–Crippen LogP) is 4.85. The highest BCUT2D eigenvalue weighted by molar-refractivity contribution is 6.05. The molecule has 0 atom stereocenters. The van der Waals surface area contributed by atoms with Crippen LogP contribution < -0.4 is 10.2 Å². The Morgan fingerprint density at radius 2 is 1.74 bits per heavy atom. The Hall–Kier alpha value is -3.58. The molecule has 3 aromatic rings. The molecule has 0 radical (unpaired) electrons. The molecule has 0 aromatic heterocycles. The van der Waals surface area contributed by atoms with Crippen LogP contribution in [0, 0.1) is 18.3 Å². The van der Waals surface area contributed by atoms with Crippen LogP contribution in [0.15, 0.2) is 66.7 Å². The largest absolute Gasteiger partial charge is 0.378 e. The topological polar surface area (TPSA) is 56.1 Å². The molecule has 0 saturated heterocycles. The molecule has 0 fully saturated rings. The van der Waals surface area contributed by atoms with Crippen molar-refractivity contribution in [3.63, 3.8) is 0 Å². The standard InChI is InChI=1S/C23H21N3O/c1-16-7-12-20(14-22(16)18-10-8-17(15-24)9-11-18)25-23(27)19-5-4-6-21(13-19)26(2)3/h4-14H,1-3H3,(H,25,27). The minimum Gasteiger partial charge on any atom is -0.378 e. The first-order chi connectivity index (χ1) is 13.0. The third-order valence-corrected chi connectivity index (χ3v) is 4.45. The lowest BCUT2D eigenvalue weighted by atomic mass is 9.99. The van der Waals surface area contributed by atoms with Gasteiger partial charge in [0.25, 0.3) is 5.91 Å². The summed E-state index contributed by atoms with van der Waals surface area (Å²) in [6.45, 7) is 2.03. The summed E-state index contributed by atoms with van der Waals surface area (Å²) in [4.78, 5) is 14.6. The number of benzene rings is 3. The number of carbonyl (C=O) groups excluding carboxylic acids is 1. The molecule has 0 bridgehead atoms. The monoisotopic (exact) mass is 355 g/mol. The number of carbonyl (C=O) groups is 1. The molecule has 134 valence electrons. The number of nitriles is 1. The molecule has 0 aliphatic heterocycles. The third kappa shape index (κ3) is 4.16. The van der Waals surface area contributed by atoms with E-state index < -0.39 is 0 Å². The number of hydrogen-bond donors (Lipinski definition) is 1. The summed E-state index contributed by atoms with van der Waals surface area (Å²) in [5.74, 6) is -0.145. The van der Waals surface area contributed by atoms with Gasteiger partial charge in [0.2, 0.25) is 0 Å². The van der Waals surface area contributed by atoms with E-state index in [0.717, 1.165) is 28.1 Å². The van der Waals surface area contributed by atoms with Crippen molar-refractivity contribution in [3.8, 4) is 17.2 Å². The summed E-state index contributed by atoms with van der Waals surface area (Å²) < 4.78 is 0. The minimum atomic E-state index is -0.145. The summed E-state index contributed by atoms with van der Waals surface area (Å²) in [6.07, 6.45) is 0. The summed E-state index contributed by atoms with van der Waals surface area (Å²) in [7, 11) is 3.89. The van der Waals surface area contributed by atoms with Crippen LogP contribution >= 0.6 is 0 Å². The van der Waals surface area contributed by atoms with Crippen LogP contribution in [-0.2, 0) is 0 Å². The van der Waals surface area contributed by atoms with E-state index in [1.165, 1.54) is 0 Å². The van der Waals surface area contributed by atoms with Crippen molar-refractivity contribution in [1.82, 2.24) is 0 Å². The highest BCUT2D eigenvalue weighted by atomic mass is 16.1. The second-order valence-electron chi connectivity index (χ2n) is 6.62. The minimum absolute atomic E-state index is 0.145. The fourth-order valence-electron chi connectivity index (χ4n) is 2.86. The average molecular weight is 355 g/mol. The summed E-state index contributed by atoms with van der Waals surface area (Å²) in [5, 5.41) is 11.9. The molecule has 0 saturated carbocycles. The van der Waals surface area contributed by atoms with Crippen LogP contribution in [0.3, 0.4) is 0 Å². The van der Waals surface area contributed by atoms with Gasteiger partial charge in [-0.05, 0) is 66.1 Å². The molecule has 4 nitrogen and oxygen atoms in total. The third-order valence-electron chi connectivity index (χ3n) is 4.45. The fourth-order valence-corrected chi connectivity index (χ4v) is 2.86. The van der Waals surface area contributed by atoms with Gasteiger partial charge in [0, 0.05) is 31.0 Å². The SMILES string of the molecule is Cc1ccc(NC(=O)c2cccc(N(C)C)c2)cc1-c1ccc(C#N)cc1. The van der Waals surface area contributed by atoms with Crippen LogP contribution in [0.25, 0.3) is 11.1 Å². The molecule has 3 aromatic carbocycles. The number of anilines is 2. The molecule has 1 amide bonds. The zero-order chi connectivity index (χ0) is 19.4. The first kappa shape index (κ1) is 18.2. The lowest BCUT2D eigenvalue weighted by molar-refractivity contribution is 0.102. The Bertz CT molecular complexity index is 1010. The number of rotatable bonds is 4. The highest BCUT2D eigenvalue weighted by Gasteiger charge is 2.10. The van der Waals surface area contributed by atoms with Crippen molar-refractivity contribution in [1.29, 1.82) is 5.26 Å². The van der Waals surface area contributed by atoms with Crippen molar-refractivity contribution in [3.05, 3.63) is 83.4 Å². The number of nitrogens with one attached hydrogen (secondary N) is 1. The van der Waals surface area contributed by atoms with Crippen LogP contribution in [0.5, 0.6) is 0 Å². The molecule has 4 heteroatoms. The van der Waals surface area contributed by atoms with E-state index in [1.807, 2.05) is 74.4 Å². The number of amides is 1. The van der Waals surface area contributed by atoms with E-state index in [-0.39, 0.29) is 5.91 Å². The number of aryl methyl sites for hydroxylation is 1. The predicted molar refractivity (Wildman–Crippen MR) is 110 cm³/mol. The highest BCUT2D eigenvalue weighted by Crippen LogP contribution is 2.27. The molecular formula is C23H21N3O.